The van der Waals surface area contributed by atoms with Gasteiger partial charge in [-0.15, -0.1) is 0 Å². The van der Waals surface area contributed by atoms with Gasteiger partial charge in [-0.3, -0.25) is 0 Å². The van der Waals surface area contributed by atoms with Gasteiger partial charge in [0.25, 0.3) is 0 Å². The molecule has 0 aliphatic carbocycles. The van der Waals surface area contributed by atoms with Crippen molar-refractivity contribution < 1.29 is 0 Å². The summed E-state index contributed by atoms with van der Waals surface area (Å²) in [7, 11) is 2.25. The van der Waals surface area contributed by atoms with Crippen LogP contribution in [0.25, 0.3) is 0 Å². The maximum absolute atomic E-state index is 2.55. The van der Waals surface area contributed by atoms with Crippen LogP contribution in [0.3, 0.4) is 0 Å². The molecule has 2 aliphatic heterocycles. The highest BCUT2D eigenvalue weighted by molar-refractivity contribution is 7.99. The van der Waals surface area contributed by atoms with Gasteiger partial charge in [0.1, 0.15) is 0 Å². The fourth-order valence-electron chi connectivity index (χ4n) is 3.89. The van der Waals surface area contributed by atoms with Crippen molar-refractivity contribution in [3.63, 3.8) is 0 Å². The average Bonchev–Trinajstić information content (AvgIpc) is 2.82. The molecule has 1 fully saturated rings. The summed E-state index contributed by atoms with van der Waals surface area (Å²) < 4.78 is 0. The van der Waals surface area contributed by atoms with E-state index in [0.717, 1.165) is 6.54 Å². The number of nitrogens with zero attached hydrogens (tertiary/aromatic N) is 2. The second-order valence-corrected chi connectivity index (χ2v) is 8.27. The fourth-order valence-corrected chi connectivity index (χ4v) is 4.99. The summed E-state index contributed by atoms with van der Waals surface area (Å²) in [5.41, 5.74) is 3.04. The Labute approximate surface area is 143 Å². The van der Waals surface area contributed by atoms with E-state index < -0.39 is 0 Å². The molecular weight excluding hydrogens is 300 g/mol. The predicted octanol–water partition coefficient (Wildman–Crippen LogP) is 5.02. The number of anilines is 2. The van der Waals surface area contributed by atoms with E-state index in [1.807, 2.05) is 11.8 Å². The smallest absolute Gasteiger partial charge is 0.0553 e. The van der Waals surface area contributed by atoms with Crippen LogP contribution in [0.15, 0.2) is 58.3 Å². The first-order valence-corrected chi connectivity index (χ1v) is 9.24. The van der Waals surface area contributed by atoms with E-state index in [1.54, 1.807) is 0 Å². The zero-order valence-electron chi connectivity index (χ0n) is 14.1. The Morgan fingerprint density at radius 2 is 1.61 bits per heavy atom. The van der Waals surface area contributed by atoms with Crippen LogP contribution in [0.2, 0.25) is 0 Å². The van der Waals surface area contributed by atoms with Crippen LogP contribution in [0, 0.1) is 5.41 Å². The number of hydrogen-bond acceptors (Lipinski definition) is 3. The van der Waals surface area contributed by atoms with Crippen molar-refractivity contribution in [1.82, 2.24) is 4.90 Å². The van der Waals surface area contributed by atoms with E-state index in [1.165, 1.54) is 34.1 Å². The standard InChI is InChI=1S/C20H24N2S/c1-15-20(2,12-13-21(15)3)14-22-16-8-4-6-10-18(16)23-19-11-7-5-9-17(19)22/h4-11,15H,12-14H2,1-3H3. The van der Waals surface area contributed by atoms with Gasteiger partial charge in [-0.2, -0.15) is 0 Å². The summed E-state index contributed by atoms with van der Waals surface area (Å²) in [5.74, 6) is 0. The molecule has 1 saturated heterocycles. The molecule has 120 valence electrons. The highest BCUT2D eigenvalue weighted by Gasteiger charge is 2.41. The van der Waals surface area contributed by atoms with Crippen molar-refractivity contribution in [1.29, 1.82) is 0 Å². The minimum atomic E-state index is 0.316. The van der Waals surface area contributed by atoms with Crippen molar-refractivity contribution in [3.05, 3.63) is 48.5 Å². The average molecular weight is 324 g/mol. The van der Waals surface area contributed by atoms with Crippen LogP contribution >= 0.6 is 11.8 Å². The molecular formula is C20H24N2S. The number of fused-ring (bicyclic) bond motifs is 2. The van der Waals surface area contributed by atoms with Crippen molar-refractivity contribution in [2.45, 2.75) is 36.1 Å². The largest absolute Gasteiger partial charge is 0.339 e. The Balaban J connectivity index is 1.76. The quantitative estimate of drug-likeness (QED) is 0.766. The van der Waals surface area contributed by atoms with Crippen LogP contribution in [0.1, 0.15) is 20.3 Å². The maximum Gasteiger partial charge on any atom is 0.0553 e. The third kappa shape index (κ3) is 2.47. The third-order valence-corrected chi connectivity index (χ3v) is 6.89. The third-order valence-electron chi connectivity index (χ3n) is 5.76. The lowest BCUT2D eigenvalue weighted by molar-refractivity contribution is 0.218. The Hall–Kier alpha value is -1.45. The van der Waals surface area contributed by atoms with E-state index in [4.69, 9.17) is 0 Å². The first-order valence-electron chi connectivity index (χ1n) is 8.42. The highest BCUT2D eigenvalue weighted by Crippen LogP contribution is 2.50. The van der Waals surface area contributed by atoms with Gasteiger partial charge in [0.2, 0.25) is 0 Å². The van der Waals surface area contributed by atoms with E-state index >= 15 is 0 Å². The summed E-state index contributed by atoms with van der Waals surface area (Å²) >= 11 is 1.89. The molecule has 0 N–H and O–H groups in total. The summed E-state index contributed by atoms with van der Waals surface area (Å²) in [6, 6.07) is 18.2. The van der Waals surface area contributed by atoms with Crippen molar-refractivity contribution in [3.8, 4) is 0 Å². The van der Waals surface area contributed by atoms with Gasteiger partial charge in [-0.05, 0) is 51.2 Å². The molecule has 0 aromatic heterocycles. The van der Waals surface area contributed by atoms with Crippen molar-refractivity contribution in [2.75, 3.05) is 25.0 Å². The van der Waals surface area contributed by atoms with Gasteiger partial charge in [-0.25, -0.2) is 0 Å². The zero-order valence-corrected chi connectivity index (χ0v) is 14.9. The van der Waals surface area contributed by atoms with Gasteiger partial charge in [0.15, 0.2) is 0 Å². The molecule has 0 spiro atoms. The van der Waals surface area contributed by atoms with Gasteiger partial charge in [0.05, 0.1) is 11.4 Å². The lowest BCUT2D eigenvalue weighted by Crippen LogP contribution is -2.41. The topological polar surface area (TPSA) is 6.48 Å². The van der Waals surface area contributed by atoms with Crippen molar-refractivity contribution >= 4 is 23.1 Å². The Kier molecular flexibility index (Phi) is 3.66. The molecule has 23 heavy (non-hydrogen) atoms. The number of hydrogen-bond donors (Lipinski definition) is 0. The number of likely N-dealkylation sites (tertiary alicyclic amines) is 1. The van der Waals surface area contributed by atoms with Crippen molar-refractivity contribution in [2.24, 2.45) is 5.41 Å². The summed E-state index contributed by atoms with van der Waals surface area (Å²) in [5, 5.41) is 0. The second kappa shape index (κ2) is 5.57. The van der Waals surface area contributed by atoms with Gasteiger partial charge in [-0.1, -0.05) is 43.0 Å². The van der Waals surface area contributed by atoms with Crippen LogP contribution < -0.4 is 4.90 Å². The molecule has 2 aromatic carbocycles. The number of benzene rings is 2. The Morgan fingerprint density at radius 3 is 2.13 bits per heavy atom. The molecule has 0 bridgehead atoms. The number of rotatable bonds is 2. The fraction of sp³-hybridized carbons (Fsp3) is 0.400. The van der Waals surface area contributed by atoms with Gasteiger partial charge in [0, 0.05) is 27.8 Å². The molecule has 2 nitrogen and oxygen atoms in total. The van der Waals surface area contributed by atoms with Gasteiger partial charge < -0.3 is 9.80 Å². The SMILES string of the molecule is CC1N(C)CCC1(C)CN1c2ccccc2Sc2ccccc21. The lowest BCUT2D eigenvalue weighted by atomic mass is 9.82. The maximum atomic E-state index is 2.55. The predicted molar refractivity (Wildman–Crippen MR) is 98.8 cm³/mol. The zero-order chi connectivity index (χ0) is 16.0. The monoisotopic (exact) mass is 324 g/mol. The van der Waals surface area contributed by atoms with Crippen LogP contribution in [-0.2, 0) is 0 Å². The molecule has 2 aliphatic rings. The summed E-state index contributed by atoms with van der Waals surface area (Å²) in [6.07, 6.45) is 1.26. The van der Waals surface area contributed by atoms with E-state index in [-0.39, 0.29) is 0 Å². The summed E-state index contributed by atoms with van der Waals surface area (Å²) in [4.78, 5) is 7.79. The Bertz CT molecular complexity index is 684. The van der Waals surface area contributed by atoms with E-state index in [9.17, 15) is 0 Å². The van der Waals surface area contributed by atoms with E-state index in [2.05, 4.69) is 79.2 Å². The van der Waals surface area contributed by atoms with E-state index in [0.29, 0.717) is 11.5 Å². The lowest BCUT2D eigenvalue weighted by Gasteiger charge is -2.40. The molecule has 2 atom stereocenters. The van der Waals surface area contributed by atoms with Gasteiger partial charge >= 0.3 is 0 Å². The molecule has 4 rings (SSSR count). The van der Waals surface area contributed by atoms with Crippen LogP contribution in [-0.4, -0.2) is 31.1 Å². The molecule has 2 unspecified atom stereocenters. The first kappa shape index (κ1) is 15.1. The molecule has 0 amide bonds. The highest BCUT2D eigenvalue weighted by atomic mass is 32.2. The summed E-state index contributed by atoms with van der Waals surface area (Å²) in [6.45, 7) is 7.11. The molecule has 2 aromatic rings. The normalized spacial score (nSPS) is 26.9. The Morgan fingerprint density at radius 1 is 1.04 bits per heavy atom. The van der Waals surface area contributed by atoms with Crippen LogP contribution in [0.4, 0.5) is 11.4 Å². The van der Waals surface area contributed by atoms with Crippen LogP contribution in [0.5, 0.6) is 0 Å². The molecule has 3 heteroatoms. The first-order chi connectivity index (χ1) is 11.1. The molecule has 0 radical (unpaired) electrons. The molecule has 0 saturated carbocycles. The number of para-hydroxylation sites is 2. The molecule has 2 heterocycles. The second-order valence-electron chi connectivity index (χ2n) is 7.18. The minimum absolute atomic E-state index is 0.316. The minimum Gasteiger partial charge on any atom is -0.339 e.